The number of carboxylic acids is 1. The molecule has 0 saturated heterocycles. The van der Waals surface area contributed by atoms with Gasteiger partial charge in [0.2, 0.25) is 6.17 Å². The fraction of sp³-hybridized carbons (Fsp3) is 0.500. The van der Waals surface area contributed by atoms with Crippen molar-refractivity contribution in [3.05, 3.63) is 22.4 Å². The third-order valence-corrected chi connectivity index (χ3v) is 2.83. The molecule has 0 saturated carbocycles. The summed E-state index contributed by atoms with van der Waals surface area (Å²) >= 11 is 0.873. The van der Waals surface area contributed by atoms with Crippen LogP contribution in [0.4, 0.5) is 13.2 Å². The number of hydrogen-bond donors (Lipinski definition) is 1. The highest BCUT2D eigenvalue weighted by atomic mass is 32.1. The molecule has 1 heterocycles. The second kappa shape index (κ2) is 6.02. The lowest BCUT2D eigenvalue weighted by atomic mass is 10.3. The maximum Gasteiger partial charge on any atom is 0.391 e. The van der Waals surface area contributed by atoms with Crippen LogP contribution >= 0.6 is 11.3 Å². The first-order valence-corrected chi connectivity index (χ1v) is 5.72. The third kappa shape index (κ3) is 4.35. The van der Waals surface area contributed by atoms with Gasteiger partial charge in [-0.15, -0.1) is 11.3 Å². The Morgan fingerprint density at radius 3 is 2.82 bits per heavy atom. The molecule has 1 rings (SSSR count). The molecule has 0 aliphatic heterocycles. The molecule has 96 valence electrons. The Kier molecular flexibility index (Phi) is 4.95. The van der Waals surface area contributed by atoms with Crippen LogP contribution in [-0.2, 0) is 9.53 Å². The SMILES string of the molecule is O=C(O)CCCOC(F)(F)C(F)c1cccs1. The monoisotopic (exact) mass is 268 g/mol. The minimum atomic E-state index is -3.93. The zero-order valence-corrected chi connectivity index (χ0v) is 9.55. The van der Waals surface area contributed by atoms with Crippen molar-refractivity contribution in [2.75, 3.05) is 6.61 Å². The van der Waals surface area contributed by atoms with Crippen LogP contribution in [0, 0.1) is 0 Å². The van der Waals surface area contributed by atoms with Gasteiger partial charge in [0.25, 0.3) is 0 Å². The first-order valence-electron chi connectivity index (χ1n) is 4.84. The molecular weight excluding hydrogens is 257 g/mol. The van der Waals surface area contributed by atoms with E-state index in [1.54, 1.807) is 0 Å². The Labute approximate surface area is 99.8 Å². The molecule has 0 aliphatic carbocycles. The summed E-state index contributed by atoms with van der Waals surface area (Å²) in [7, 11) is 0. The average Bonchev–Trinajstić information content (AvgIpc) is 2.76. The lowest BCUT2D eigenvalue weighted by molar-refractivity contribution is -0.275. The summed E-state index contributed by atoms with van der Waals surface area (Å²) < 4.78 is 43.8. The largest absolute Gasteiger partial charge is 0.481 e. The summed E-state index contributed by atoms with van der Waals surface area (Å²) in [5.41, 5.74) is 0. The second-order valence-electron chi connectivity index (χ2n) is 3.29. The van der Waals surface area contributed by atoms with E-state index >= 15 is 0 Å². The minimum Gasteiger partial charge on any atom is -0.481 e. The molecule has 1 atom stereocenters. The molecule has 0 aliphatic rings. The standard InChI is InChI=1S/C10H11F3O3S/c11-9(7-3-2-6-17-7)10(12,13)16-5-1-4-8(14)15/h2-3,6,9H,1,4-5H2,(H,14,15). The van der Waals surface area contributed by atoms with E-state index < -0.39 is 24.9 Å². The first-order chi connectivity index (χ1) is 7.93. The Morgan fingerprint density at radius 1 is 1.59 bits per heavy atom. The molecule has 3 nitrogen and oxygen atoms in total. The molecule has 0 radical (unpaired) electrons. The number of rotatable bonds is 7. The summed E-state index contributed by atoms with van der Waals surface area (Å²) in [5.74, 6) is -1.10. The third-order valence-electron chi connectivity index (χ3n) is 1.92. The number of halogens is 3. The molecule has 0 bridgehead atoms. The predicted molar refractivity (Wildman–Crippen MR) is 55.9 cm³/mol. The van der Waals surface area contributed by atoms with E-state index in [1.807, 2.05) is 0 Å². The maximum atomic E-state index is 13.4. The van der Waals surface area contributed by atoms with E-state index in [0.717, 1.165) is 11.3 Å². The Balaban J connectivity index is 2.42. The fourth-order valence-electron chi connectivity index (χ4n) is 1.11. The zero-order chi connectivity index (χ0) is 12.9. The molecule has 0 aromatic carbocycles. The van der Waals surface area contributed by atoms with Crippen LogP contribution in [0.2, 0.25) is 0 Å². The number of alkyl halides is 3. The van der Waals surface area contributed by atoms with Crippen molar-refractivity contribution < 1.29 is 27.8 Å². The summed E-state index contributed by atoms with van der Waals surface area (Å²) in [4.78, 5) is 10.0. The van der Waals surface area contributed by atoms with Gasteiger partial charge in [0, 0.05) is 11.3 Å². The van der Waals surface area contributed by atoms with E-state index in [4.69, 9.17) is 5.11 Å². The van der Waals surface area contributed by atoms with Gasteiger partial charge in [-0.2, -0.15) is 8.78 Å². The van der Waals surface area contributed by atoms with Gasteiger partial charge in [-0.3, -0.25) is 4.79 Å². The van der Waals surface area contributed by atoms with Crippen LogP contribution < -0.4 is 0 Å². The summed E-state index contributed by atoms with van der Waals surface area (Å²) in [6, 6.07) is 2.72. The number of aliphatic carboxylic acids is 1. The van der Waals surface area contributed by atoms with Gasteiger partial charge < -0.3 is 9.84 Å². The van der Waals surface area contributed by atoms with Crippen molar-refractivity contribution in [3.63, 3.8) is 0 Å². The Bertz CT molecular complexity index is 354. The molecule has 1 aromatic rings. The number of thiophene rings is 1. The van der Waals surface area contributed by atoms with E-state index in [0.29, 0.717) is 0 Å². The predicted octanol–water partition coefficient (Wildman–Crippen LogP) is 3.23. The lowest BCUT2D eigenvalue weighted by Gasteiger charge is -2.19. The second-order valence-corrected chi connectivity index (χ2v) is 4.26. The van der Waals surface area contributed by atoms with Gasteiger partial charge in [0.1, 0.15) is 0 Å². The van der Waals surface area contributed by atoms with Gasteiger partial charge in [0.05, 0.1) is 6.61 Å². The molecule has 1 aromatic heterocycles. The van der Waals surface area contributed by atoms with Crippen molar-refractivity contribution in [2.24, 2.45) is 0 Å². The lowest BCUT2D eigenvalue weighted by Crippen LogP contribution is -2.27. The van der Waals surface area contributed by atoms with Gasteiger partial charge in [-0.1, -0.05) is 6.07 Å². The van der Waals surface area contributed by atoms with E-state index in [-0.39, 0.29) is 17.7 Å². The average molecular weight is 268 g/mol. The van der Waals surface area contributed by atoms with Gasteiger partial charge in [-0.05, 0) is 17.9 Å². The molecule has 1 unspecified atom stereocenters. The van der Waals surface area contributed by atoms with Crippen LogP contribution in [0.3, 0.4) is 0 Å². The van der Waals surface area contributed by atoms with E-state index in [9.17, 15) is 18.0 Å². The smallest absolute Gasteiger partial charge is 0.391 e. The molecule has 0 spiro atoms. The number of carbonyl (C=O) groups is 1. The highest BCUT2D eigenvalue weighted by Gasteiger charge is 2.43. The maximum absolute atomic E-state index is 13.4. The highest BCUT2D eigenvalue weighted by molar-refractivity contribution is 7.10. The Morgan fingerprint density at radius 2 is 2.29 bits per heavy atom. The highest BCUT2D eigenvalue weighted by Crippen LogP contribution is 2.37. The van der Waals surface area contributed by atoms with Gasteiger partial charge >= 0.3 is 12.1 Å². The fourth-order valence-corrected chi connectivity index (χ4v) is 1.83. The summed E-state index contributed by atoms with van der Waals surface area (Å²) in [6.45, 7) is -0.495. The summed E-state index contributed by atoms with van der Waals surface area (Å²) in [6.07, 6.45) is -6.82. The molecule has 0 fully saturated rings. The zero-order valence-electron chi connectivity index (χ0n) is 8.74. The number of hydrogen-bond acceptors (Lipinski definition) is 3. The van der Waals surface area contributed by atoms with Crippen molar-refractivity contribution in [3.8, 4) is 0 Å². The Hall–Kier alpha value is -1.08. The van der Waals surface area contributed by atoms with Gasteiger partial charge in [0.15, 0.2) is 0 Å². The minimum absolute atomic E-state index is 0.0813. The molecule has 7 heteroatoms. The number of carboxylic acid groups (broad SMARTS) is 1. The molecule has 1 N–H and O–H groups in total. The normalized spacial score (nSPS) is 13.6. The van der Waals surface area contributed by atoms with E-state index in [1.165, 1.54) is 17.5 Å². The van der Waals surface area contributed by atoms with Crippen molar-refractivity contribution >= 4 is 17.3 Å². The molecule has 17 heavy (non-hydrogen) atoms. The summed E-state index contributed by atoms with van der Waals surface area (Å²) in [5, 5.41) is 9.78. The van der Waals surface area contributed by atoms with Crippen LogP contribution in [0.15, 0.2) is 17.5 Å². The van der Waals surface area contributed by atoms with E-state index in [2.05, 4.69) is 4.74 Å². The quantitative estimate of drug-likeness (QED) is 0.772. The van der Waals surface area contributed by atoms with Crippen molar-refractivity contribution in [1.29, 1.82) is 0 Å². The van der Waals surface area contributed by atoms with Crippen molar-refractivity contribution in [1.82, 2.24) is 0 Å². The topological polar surface area (TPSA) is 46.5 Å². The first kappa shape index (κ1) is 14.0. The van der Waals surface area contributed by atoms with Gasteiger partial charge in [-0.25, -0.2) is 4.39 Å². The van der Waals surface area contributed by atoms with Crippen LogP contribution in [0.25, 0.3) is 0 Å². The van der Waals surface area contributed by atoms with Crippen LogP contribution in [0.5, 0.6) is 0 Å². The van der Waals surface area contributed by atoms with Crippen LogP contribution in [0.1, 0.15) is 23.9 Å². The molecular formula is C10H11F3O3S. The number of ether oxygens (including phenoxy) is 1. The molecule has 0 amide bonds. The van der Waals surface area contributed by atoms with Crippen molar-refractivity contribution in [2.45, 2.75) is 25.1 Å². The van der Waals surface area contributed by atoms with Crippen LogP contribution in [-0.4, -0.2) is 23.8 Å².